The van der Waals surface area contributed by atoms with Crippen LogP contribution >= 0.6 is 0 Å². The fourth-order valence-corrected chi connectivity index (χ4v) is 7.90. The van der Waals surface area contributed by atoms with Crippen LogP contribution < -0.4 is 16.6 Å². The van der Waals surface area contributed by atoms with Gasteiger partial charge in [-0.2, -0.15) is 0 Å². The van der Waals surface area contributed by atoms with E-state index in [4.69, 9.17) is 0 Å². The van der Waals surface area contributed by atoms with Crippen molar-refractivity contribution in [1.29, 1.82) is 0 Å². The van der Waals surface area contributed by atoms with E-state index in [0.717, 1.165) is 69.4 Å². The minimum atomic E-state index is -0.635. The van der Waals surface area contributed by atoms with E-state index in [1.807, 2.05) is 43.3 Å². The van der Waals surface area contributed by atoms with Crippen molar-refractivity contribution in [3.63, 3.8) is 0 Å². The topological polar surface area (TPSA) is 95.7 Å². The number of halogens is 1. The molecule has 11 heteroatoms. The Balaban J connectivity index is 1.13. The van der Waals surface area contributed by atoms with Gasteiger partial charge < -0.3 is 10.2 Å². The minimum Gasteiger partial charge on any atom is -0.352 e. The molecular formula is C39H48FN7O3. The van der Waals surface area contributed by atoms with E-state index >= 15 is 0 Å². The fraction of sp³-hybridized carbons (Fsp3) is 0.487. The Hall–Kier alpha value is -4.19. The fourth-order valence-electron chi connectivity index (χ4n) is 7.90. The van der Waals surface area contributed by atoms with E-state index in [-0.39, 0.29) is 29.0 Å². The van der Waals surface area contributed by atoms with Gasteiger partial charge >= 0.3 is 5.69 Å². The molecule has 50 heavy (non-hydrogen) atoms. The molecule has 2 aromatic heterocycles. The van der Waals surface area contributed by atoms with Crippen LogP contribution in [0.4, 0.5) is 4.39 Å². The number of fused-ring (bicyclic) bond motifs is 1. The number of piperazine rings is 1. The third kappa shape index (κ3) is 6.78. The summed E-state index contributed by atoms with van der Waals surface area (Å²) in [6.45, 7) is 8.67. The monoisotopic (exact) mass is 681 g/mol. The molecule has 10 nitrogen and oxygen atoms in total. The van der Waals surface area contributed by atoms with Gasteiger partial charge in [-0.15, -0.1) is 0 Å². The predicted octanol–water partition coefficient (Wildman–Crippen LogP) is 4.58. The number of rotatable bonds is 10. The Morgan fingerprint density at radius 3 is 2.30 bits per heavy atom. The first-order valence-corrected chi connectivity index (χ1v) is 18.1. The number of benzene rings is 2. The summed E-state index contributed by atoms with van der Waals surface area (Å²) in [6.07, 6.45) is 6.31. The number of likely N-dealkylation sites (N-methyl/N-ethyl adjacent to an activating group) is 1. The quantitative estimate of drug-likeness (QED) is 0.262. The maximum atomic E-state index is 14.5. The Morgan fingerprint density at radius 2 is 1.64 bits per heavy atom. The summed E-state index contributed by atoms with van der Waals surface area (Å²) in [5, 5.41) is 3.28. The smallest absolute Gasteiger partial charge is 0.337 e. The number of carbonyl (C=O) groups excluding carboxylic acids is 1. The Morgan fingerprint density at radius 1 is 0.940 bits per heavy atom. The summed E-state index contributed by atoms with van der Waals surface area (Å²) in [4.78, 5) is 52.4. The largest absolute Gasteiger partial charge is 0.352 e. The molecule has 2 aromatic carbocycles. The molecule has 7 rings (SSSR count). The summed E-state index contributed by atoms with van der Waals surface area (Å²) in [5.74, 6) is -0.586. The van der Waals surface area contributed by atoms with Crippen LogP contribution in [0.2, 0.25) is 0 Å². The van der Waals surface area contributed by atoms with Gasteiger partial charge in [0.25, 0.3) is 5.56 Å². The molecule has 4 aromatic rings. The molecule has 0 spiro atoms. The first kappa shape index (κ1) is 34.3. The van der Waals surface area contributed by atoms with Crippen molar-refractivity contribution in [1.82, 2.24) is 34.1 Å². The molecule has 1 amide bonds. The summed E-state index contributed by atoms with van der Waals surface area (Å²) in [5.41, 5.74) is 2.42. The number of pyridine rings is 1. The number of nitrogens with one attached hydrogen (secondary N) is 1. The summed E-state index contributed by atoms with van der Waals surface area (Å²) in [7, 11) is 3.86. The van der Waals surface area contributed by atoms with E-state index in [1.165, 1.54) is 27.2 Å². The van der Waals surface area contributed by atoms with Gasteiger partial charge in [-0.25, -0.2) is 18.7 Å². The number of nitrogens with zero attached hydrogens (tertiary/aromatic N) is 6. The van der Waals surface area contributed by atoms with Crippen molar-refractivity contribution in [2.45, 2.75) is 76.0 Å². The minimum absolute atomic E-state index is 0.0206. The molecule has 1 aliphatic heterocycles. The van der Waals surface area contributed by atoms with Crippen LogP contribution in [0.1, 0.15) is 63.5 Å². The lowest BCUT2D eigenvalue weighted by atomic mass is 9.90. The number of hydrogen-bond donors (Lipinski definition) is 1. The van der Waals surface area contributed by atoms with Gasteiger partial charge in [-0.1, -0.05) is 43.3 Å². The summed E-state index contributed by atoms with van der Waals surface area (Å²) >= 11 is 0. The molecule has 1 saturated heterocycles. The number of carbonyl (C=O) groups is 1. The van der Waals surface area contributed by atoms with Gasteiger partial charge in [-0.05, 0) is 100 Å². The maximum absolute atomic E-state index is 14.5. The molecule has 0 bridgehead atoms. The SMILES string of the molecule is CCCN1CCN(Cc2ccc(-c3cccc(-n4c(=O)n(C5CCC(NC(=O)C6(N(C)C)CC6)CC5)c(=O)c5cc(F)cnc54)c3)cc2)CC1. The Bertz CT molecular complexity index is 1970. The zero-order valence-corrected chi connectivity index (χ0v) is 29.4. The molecule has 3 aliphatic rings. The third-order valence-corrected chi connectivity index (χ3v) is 11.1. The van der Waals surface area contributed by atoms with Gasteiger partial charge in [0.1, 0.15) is 5.82 Å². The lowest BCUT2D eigenvalue weighted by Gasteiger charge is -2.34. The van der Waals surface area contributed by atoms with Gasteiger partial charge in [-0.3, -0.25) is 24.0 Å². The average molecular weight is 682 g/mol. The van der Waals surface area contributed by atoms with Crippen LogP contribution in [0, 0.1) is 5.82 Å². The number of amides is 1. The van der Waals surface area contributed by atoms with Crippen molar-refractivity contribution in [3.05, 3.63) is 93.0 Å². The lowest BCUT2D eigenvalue weighted by molar-refractivity contribution is -0.128. The van der Waals surface area contributed by atoms with Crippen LogP contribution in [0.3, 0.4) is 0 Å². The van der Waals surface area contributed by atoms with Crippen LogP contribution in [-0.2, 0) is 11.3 Å². The van der Waals surface area contributed by atoms with Crippen molar-refractivity contribution >= 4 is 16.9 Å². The van der Waals surface area contributed by atoms with Crippen molar-refractivity contribution in [2.24, 2.45) is 0 Å². The van der Waals surface area contributed by atoms with E-state index < -0.39 is 22.6 Å². The summed E-state index contributed by atoms with van der Waals surface area (Å²) < 4.78 is 17.2. The highest BCUT2D eigenvalue weighted by Gasteiger charge is 2.52. The number of hydrogen-bond acceptors (Lipinski definition) is 7. The third-order valence-electron chi connectivity index (χ3n) is 11.1. The first-order valence-electron chi connectivity index (χ1n) is 18.1. The second-order valence-corrected chi connectivity index (χ2v) is 14.6. The van der Waals surface area contributed by atoms with E-state index in [1.54, 1.807) is 0 Å². The van der Waals surface area contributed by atoms with Gasteiger partial charge in [0.05, 0.1) is 22.8 Å². The van der Waals surface area contributed by atoms with Crippen LogP contribution in [0.25, 0.3) is 27.8 Å². The van der Waals surface area contributed by atoms with Crippen molar-refractivity contribution in [3.8, 4) is 16.8 Å². The second kappa shape index (κ2) is 14.2. The van der Waals surface area contributed by atoms with Crippen molar-refractivity contribution < 1.29 is 9.18 Å². The highest BCUT2D eigenvalue weighted by molar-refractivity contribution is 5.89. The number of aromatic nitrogens is 3. The molecule has 0 radical (unpaired) electrons. The van der Waals surface area contributed by atoms with E-state index in [2.05, 4.69) is 51.3 Å². The van der Waals surface area contributed by atoms with Crippen molar-refractivity contribution in [2.75, 3.05) is 46.8 Å². The normalized spacial score (nSPS) is 21.1. The van der Waals surface area contributed by atoms with Crippen LogP contribution in [0.15, 0.2) is 70.4 Å². The molecular weight excluding hydrogens is 633 g/mol. The second-order valence-electron chi connectivity index (χ2n) is 14.6. The molecule has 3 heterocycles. The first-order chi connectivity index (χ1) is 24.2. The highest BCUT2D eigenvalue weighted by Crippen LogP contribution is 2.41. The Labute approximate surface area is 292 Å². The highest BCUT2D eigenvalue weighted by atomic mass is 19.1. The van der Waals surface area contributed by atoms with E-state index in [9.17, 15) is 18.8 Å². The molecule has 0 unspecified atom stereocenters. The average Bonchev–Trinajstić information content (AvgIpc) is 3.94. The molecule has 2 saturated carbocycles. The van der Waals surface area contributed by atoms with Crippen LogP contribution in [-0.4, -0.2) is 93.1 Å². The summed E-state index contributed by atoms with van der Waals surface area (Å²) in [6, 6.07) is 17.0. The van der Waals surface area contributed by atoms with E-state index in [0.29, 0.717) is 31.4 Å². The molecule has 1 N–H and O–H groups in total. The molecule has 3 fully saturated rings. The lowest BCUT2D eigenvalue weighted by Crippen LogP contribution is -2.50. The standard InChI is InChI=1S/C39H48FN7O3/c1-4-18-44-19-21-45(22-20-44)26-27-8-10-28(11-9-27)29-6-5-7-33(23-29)46-35-34(24-30(40)25-41-35)36(48)47(38(46)50)32-14-12-31(13-15-32)42-37(49)39(16-17-39)43(2)3/h5-11,23-25,31-32H,4,12-22,26H2,1-3H3,(H,42,49). The molecule has 264 valence electrons. The van der Waals surface area contributed by atoms with Crippen LogP contribution in [0.5, 0.6) is 0 Å². The molecule has 0 atom stereocenters. The maximum Gasteiger partial charge on any atom is 0.337 e. The van der Waals surface area contributed by atoms with Gasteiger partial charge in [0, 0.05) is 44.8 Å². The Kier molecular flexibility index (Phi) is 9.74. The molecule has 2 aliphatic carbocycles. The predicted molar refractivity (Wildman–Crippen MR) is 194 cm³/mol. The zero-order chi connectivity index (χ0) is 35.0. The van der Waals surface area contributed by atoms with Gasteiger partial charge in [0.15, 0.2) is 5.65 Å². The zero-order valence-electron chi connectivity index (χ0n) is 29.4. The van der Waals surface area contributed by atoms with Gasteiger partial charge in [0.2, 0.25) is 5.91 Å².